The van der Waals surface area contributed by atoms with E-state index < -0.39 is 0 Å². The third-order valence-corrected chi connectivity index (χ3v) is 5.94. The minimum atomic E-state index is 0.0122. The van der Waals surface area contributed by atoms with Gasteiger partial charge in [-0.25, -0.2) is 4.98 Å². The van der Waals surface area contributed by atoms with Crippen molar-refractivity contribution in [2.45, 2.75) is 51.2 Å². The van der Waals surface area contributed by atoms with Crippen LogP contribution in [0, 0.1) is 0 Å². The average Bonchev–Trinajstić information content (AvgIpc) is 3.57. The number of benzene rings is 1. The molecule has 0 aliphatic heterocycles. The molecule has 1 aliphatic rings. The Balaban J connectivity index is 1.40. The third kappa shape index (κ3) is 4.31. The normalized spacial score (nSPS) is 15.3. The second kappa shape index (κ2) is 9.00. The first-order valence-electron chi connectivity index (χ1n) is 11.3. The molecular formula is C24H29N7O. The van der Waals surface area contributed by atoms with Gasteiger partial charge in [0.25, 0.3) is 0 Å². The van der Waals surface area contributed by atoms with Gasteiger partial charge < -0.3 is 25.4 Å². The molecule has 1 fully saturated rings. The second-order valence-electron chi connectivity index (χ2n) is 8.54. The van der Waals surface area contributed by atoms with Crippen LogP contribution in [0.15, 0.2) is 53.4 Å². The lowest BCUT2D eigenvalue weighted by Crippen LogP contribution is -2.26. The maximum Gasteiger partial charge on any atom is 0.226 e. The number of imidazole rings is 1. The lowest BCUT2D eigenvalue weighted by atomic mass is 10.1. The molecule has 32 heavy (non-hydrogen) atoms. The van der Waals surface area contributed by atoms with Crippen molar-refractivity contribution in [1.29, 1.82) is 0 Å². The molecule has 3 aromatic heterocycles. The van der Waals surface area contributed by atoms with Crippen molar-refractivity contribution in [2.24, 2.45) is 5.73 Å². The van der Waals surface area contributed by atoms with E-state index in [-0.39, 0.29) is 6.04 Å². The fraction of sp³-hybridized carbons (Fsp3) is 0.375. The standard InChI is InChI=1S/C24H29N7O/c1-16(25)13-27-24-29-22(21-23(30-24)31(15-28-21)19-5-2-3-6-19)26-14-17-8-10-18(11-9-17)20-7-4-12-32-20/h4,7-12,15-16,19H,2-3,5-6,13-14,25H2,1H3,(H2,26,27,29,30). The molecule has 1 unspecified atom stereocenters. The highest BCUT2D eigenvalue weighted by Gasteiger charge is 2.22. The third-order valence-electron chi connectivity index (χ3n) is 5.94. The van der Waals surface area contributed by atoms with Crippen molar-refractivity contribution in [2.75, 3.05) is 17.2 Å². The summed E-state index contributed by atoms with van der Waals surface area (Å²) in [6.45, 7) is 3.20. The molecule has 0 spiro atoms. The zero-order valence-electron chi connectivity index (χ0n) is 18.3. The predicted molar refractivity (Wildman–Crippen MR) is 126 cm³/mol. The fourth-order valence-electron chi connectivity index (χ4n) is 4.24. The molecular weight excluding hydrogens is 402 g/mol. The predicted octanol–water partition coefficient (Wildman–Crippen LogP) is 4.57. The molecule has 3 heterocycles. The first-order chi connectivity index (χ1) is 15.7. The molecule has 5 rings (SSSR count). The average molecular weight is 432 g/mol. The lowest BCUT2D eigenvalue weighted by Gasteiger charge is -2.14. The van der Waals surface area contributed by atoms with E-state index in [1.54, 1.807) is 6.26 Å². The molecule has 4 N–H and O–H groups in total. The highest BCUT2D eigenvalue weighted by atomic mass is 16.3. The first kappa shape index (κ1) is 20.5. The molecule has 1 aliphatic carbocycles. The quantitative estimate of drug-likeness (QED) is 0.375. The largest absolute Gasteiger partial charge is 0.464 e. The smallest absolute Gasteiger partial charge is 0.226 e. The number of aromatic nitrogens is 4. The van der Waals surface area contributed by atoms with Crippen molar-refractivity contribution in [3.8, 4) is 11.3 Å². The lowest BCUT2D eigenvalue weighted by molar-refractivity contribution is 0.529. The number of hydrogen-bond acceptors (Lipinski definition) is 7. The van der Waals surface area contributed by atoms with E-state index in [1.807, 2.05) is 25.4 Å². The van der Waals surface area contributed by atoms with Crippen LogP contribution in [0.4, 0.5) is 11.8 Å². The molecule has 1 atom stereocenters. The molecule has 0 bridgehead atoms. The van der Waals surface area contributed by atoms with E-state index in [9.17, 15) is 0 Å². The van der Waals surface area contributed by atoms with E-state index in [4.69, 9.17) is 20.1 Å². The Kier molecular flexibility index (Phi) is 5.77. The second-order valence-corrected chi connectivity index (χ2v) is 8.54. The van der Waals surface area contributed by atoms with Crippen molar-refractivity contribution < 1.29 is 4.42 Å². The van der Waals surface area contributed by atoms with E-state index in [0.29, 0.717) is 25.1 Å². The van der Waals surface area contributed by atoms with E-state index in [1.165, 1.54) is 25.7 Å². The number of nitrogens with one attached hydrogen (secondary N) is 2. The van der Waals surface area contributed by atoms with Crippen LogP contribution in [-0.2, 0) is 6.54 Å². The number of rotatable bonds is 8. The van der Waals surface area contributed by atoms with Crippen molar-refractivity contribution in [3.05, 3.63) is 54.6 Å². The Morgan fingerprint density at radius 2 is 1.94 bits per heavy atom. The van der Waals surface area contributed by atoms with E-state index in [2.05, 4.69) is 44.5 Å². The maximum absolute atomic E-state index is 5.92. The van der Waals surface area contributed by atoms with Crippen LogP contribution in [0.5, 0.6) is 0 Å². The molecule has 1 aromatic carbocycles. The number of anilines is 2. The minimum Gasteiger partial charge on any atom is -0.464 e. The Labute approximate surface area is 187 Å². The summed E-state index contributed by atoms with van der Waals surface area (Å²) >= 11 is 0. The highest BCUT2D eigenvalue weighted by Crippen LogP contribution is 2.33. The van der Waals surface area contributed by atoms with Gasteiger partial charge in [0.05, 0.1) is 12.6 Å². The van der Waals surface area contributed by atoms with Crippen molar-refractivity contribution in [1.82, 2.24) is 19.5 Å². The van der Waals surface area contributed by atoms with Crippen LogP contribution in [0.3, 0.4) is 0 Å². The zero-order chi connectivity index (χ0) is 21.9. The Morgan fingerprint density at radius 3 is 2.66 bits per heavy atom. The van der Waals surface area contributed by atoms with Gasteiger partial charge in [-0.1, -0.05) is 37.1 Å². The number of nitrogens with zero attached hydrogens (tertiary/aromatic N) is 4. The number of nitrogens with two attached hydrogens (primary N) is 1. The van der Waals surface area contributed by atoms with Gasteiger partial charge in [0, 0.05) is 30.7 Å². The van der Waals surface area contributed by atoms with Crippen molar-refractivity contribution in [3.63, 3.8) is 0 Å². The summed E-state index contributed by atoms with van der Waals surface area (Å²) in [5.74, 6) is 2.17. The van der Waals surface area contributed by atoms with Gasteiger partial charge in [0.15, 0.2) is 17.0 Å². The van der Waals surface area contributed by atoms with Gasteiger partial charge in [0.2, 0.25) is 5.95 Å². The van der Waals surface area contributed by atoms with Crippen LogP contribution in [0.2, 0.25) is 0 Å². The Morgan fingerprint density at radius 1 is 1.12 bits per heavy atom. The summed E-state index contributed by atoms with van der Waals surface area (Å²) in [6.07, 6.45) is 8.45. The number of fused-ring (bicyclic) bond motifs is 1. The zero-order valence-corrected chi connectivity index (χ0v) is 18.3. The summed E-state index contributed by atoms with van der Waals surface area (Å²) in [5.41, 5.74) is 9.80. The molecule has 4 aromatic rings. The summed E-state index contributed by atoms with van der Waals surface area (Å²) in [7, 11) is 0. The molecule has 166 valence electrons. The fourth-order valence-corrected chi connectivity index (χ4v) is 4.24. The number of hydrogen-bond donors (Lipinski definition) is 3. The molecule has 1 saturated carbocycles. The summed E-state index contributed by atoms with van der Waals surface area (Å²) in [6, 6.07) is 12.6. The maximum atomic E-state index is 5.92. The SMILES string of the molecule is CC(N)CNc1nc(NCc2ccc(-c3ccco3)cc2)c2ncn(C3CCCC3)c2n1. The molecule has 8 heteroatoms. The summed E-state index contributed by atoms with van der Waals surface area (Å²) < 4.78 is 7.69. The van der Waals surface area contributed by atoms with Crippen molar-refractivity contribution >= 4 is 22.9 Å². The van der Waals surface area contributed by atoms with Gasteiger partial charge in [0.1, 0.15) is 5.76 Å². The first-order valence-corrected chi connectivity index (χ1v) is 11.3. The molecule has 0 radical (unpaired) electrons. The van der Waals surface area contributed by atoms with Gasteiger partial charge in [-0.2, -0.15) is 9.97 Å². The highest BCUT2D eigenvalue weighted by molar-refractivity contribution is 5.84. The monoisotopic (exact) mass is 431 g/mol. The van der Waals surface area contributed by atoms with E-state index in [0.717, 1.165) is 33.9 Å². The van der Waals surface area contributed by atoms with Crippen LogP contribution >= 0.6 is 0 Å². The van der Waals surface area contributed by atoms with Crippen LogP contribution in [0.1, 0.15) is 44.2 Å². The van der Waals surface area contributed by atoms with Crippen LogP contribution in [0.25, 0.3) is 22.5 Å². The van der Waals surface area contributed by atoms with Gasteiger partial charge in [-0.15, -0.1) is 0 Å². The Hall–Kier alpha value is -3.39. The molecule has 0 saturated heterocycles. The number of furan rings is 1. The van der Waals surface area contributed by atoms with Gasteiger partial charge in [-0.3, -0.25) is 0 Å². The Bertz CT molecular complexity index is 1160. The van der Waals surface area contributed by atoms with E-state index >= 15 is 0 Å². The van der Waals surface area contributed by atoms with Gasteiger partial charge >= 0.3 is 0 Å². The minimum absolute atomic E-state index is 0.0122. The van der Waals surface area contributed by atoms with Gasteiger partial charge in [-0.05, 0) is 37.5 Å². The topological polar surface area (TPSA) is 107 Å². The summed E-state index contributed by atoms with van der Waals surface area (Å²) in [4.78, 5) is 14.2. The van der Waals surface area contributed by atoms with Crippen LogP contribution in [-0.4, -0.2) is 32.1 Å². The molecule has 8 nitrogen and oxygen atoms in total. The molecule has 0 amide bonds. The van der Waals surface area contributed by atoms with Crippen LogP contribution < -0.4 is 16.4 Å². The summed E-state index contributed by atoms with van der Waals surface area (Å²) in [5, 5.41) is 6.74.